The van der Waals surface area contributed by atoms with Crippen LogP contribution < -0.4 is 9.62 Å². The van der Waals surface area contributed by atoms with Crippen LogP contribution in [0.15, 0.2) is 28.5 Å². The van der Waals surface area contributed by atoms with Crippen molar-refractivity contribution in [1.29, 1.82) is 0 Å². The SMILES string of the molecule is CCc1nc(COC(=O)CNS(=O)(=O)c2ccc(N(C)C)c([N+](=O)[O-])c2)cs1. The second kappa shape index (κ2) is 9.08. The Morgan fingerprint density at radius 1 is 1.39 bits per heavy atom. The first-order valence-corrected chi connectivity index (χ1v) is 10.5. The molecule has 10 nitrogen and oxygen atoms in total. The number of carbonyl (C=O) groups excluding carboxylic acids is 1. The number of aryl methyl sites for hydroxylation is 1. The van der Waals surface area contributed by atoms with E-state index in [0.717, 1.165) is 17.5 Å². The molecule has 1 heterocycles. The molecule has 1 aromatic carbocycles. The highest BCUT2D eigenvalue weighted by Crippen LogP contribution is 2.29. The third-order valence-corrected chi connectivity index (χ3v) is 6.07. The average Bonchev–Trinajstić information content (AvgIpc) is 3.12. The molecule has 0 atom stereocenters. The zero-order valence-corrected chi connectivity index (χ0v) is 17.2. The zero-order valence-electron chi connectivity index (χ0n) is 15.5. The van der Waals surface area contributed by atoms with Crippen LogP contribution in [0.3, 0.4) is 0 Å². The summed E-state index contributed by atoms with van der Waals surface area (Å²) in [6.07, 6.45) is 0.775. The van der Waals surface area contributed by atoms with E-state index in [1.165, 1.54) is 28.4 Å². The van der Waals surface area contributed by atoms with Gasteiger partial charge in [-0.3, -0.25) is 14.9 Å². The van der Waals surface area contributed by atoms with E-state index in [2.05, 4.69) is 9.71 Å². The van der Waals surface area contributed by atoms with Crippen molar-refractivity contribution < 1.29 is 22.9 Å². The molecule has 0 amide bonds. The van der Waals surface area contributed by atoms with Crippen molar-refractivity contribution in [2.45, 2.75) is 24.8 Å². The molecule has 12 heteroatoms. The fraction of sp³-hybridized carbons (Fsp3) is 0.375. The van der Waals surface area contributed by atoms with Gasteiger partial charge < -0.3 is 9.64 Å². The topological polar surface area (TPSA) is 132 Å². The molecule has 0 saturated heterocycles. The maximum Gasteiger partial charge on any atom is 0.321 e. The van der Waals surface area contributed by atoms with Gasteiger partial charge in [0.2, 0.25) is 10.0 Å². The highest BCUT2D eigenvalue weighted by molar-refractivity contribution is 7.89. The molecule has 152 valence electrons. The average molecular weight is 428 g/mol. The second-order valence-corrected chi connectivity index (χ2v) is 8.58. The monoisotopic (exact) mass is 428 g/mol. The largest absolute Gasteiger partial charge is 0.458 e. The lowest BCUT2D eigenvalue weighted by molar-refractivity contribution is -0.384. The van der Waals surface area contributed by atoms with E-state index in [9.17, 15) is 23.3 Å². The van der Waals surface area contributed by atoms with E-state index in [0.29, 0.717) is 5.69 Å². The smallest absolute Gasteiger partial charge is 0.321 e. The van der Waals surface area contributed by atoms with Crippen molar-refractivity contribution >= 4 is 38.7 Å². The van der Waals surface area contributed by atoms with Crippen LogP contribution in [0.2, 0.25) is 0 Å². The number of rotatable bonds is 9. The van der Waals surface area contributed by atoms with Crippen LogP contribution in [0.1, 0.15) is 17.6 Å². The van der Waals surface area contributed by atoms with Crippen molar-refractivity contribution in [3.05, 3.63) is 44.4 Å². The minimum atomic E-state index is -4.12. The number of sulfonamides is 1. The maximum atomic E-state index is 12.3. The number of nitro benzene ring substituents is 1. The van der Waals surface area contributed by atoms with Crippen molar-refractivity contribution in [2.75, 3.05) is 25.5 Å². The standard InChI is InChI=1S/C16H20N4O6S2/c1-4-15-18-11(10-27-15)9-26-16(21)8-17-28(24,25)12-5-6-13(19(2)3)14(7-12)20(22)23/h5-7,10,17H,4,8-9H2,1-3H3. The Labute approximate surface area is 166 Å². The van der Waals surface area contributed by atoms with Crippen LogP contribution in [0.25, 0.3) is 0 Å². The molecule has 0 saturated carbocycles. The minimum absolute atomic E-state index is 0.0555. The predicted molar refractivity (Wildman–Crippen MR) is 104 cm³/mol. The molecule has 28 heavy (non-hydrogen) atoms. The van der Waals surface area contributed by atoms with E-state index < -0.39 is 27.5 Å². The van der Waals surface area contributed by atoms with Crippen molar-refractivity contribution in [3.8, 4) is 0 Å². The van der Waals surface area contributed by atoms with Gasteiger partial charge in [0.15, 0.2) is 0 Å². The van der Waals surface area contributed by atoms with Gasteiger partial charge in [0.1, 0.15) is 18.8 Å². The second-order valence-electron chi connectivity index (χ2n) is 5.87. The molecule has 0 spiro atoms. The summed E-state index contributed by atoms with van der Waals surface area (Å²) in [5.41, 5.74) is 0.497. The van der Waals surface area contributed by atoms with Crippen molar-refractivity contribution in [1.82, 2.24) is 9.71 Å². The Kier molecular flexibility index (Phi) is 7.05. The van der Waals surface area contributed by atoms with Gasteiger partial charge >= 0.3 is 5.97 Å². The Hall–Kier alpha value is -2.57. The van der Waals surface area contributed by atoms with Crippen molar-refractivity contribution in [2.24, 2.45) is 0 Å². The molecule has 0 radical (unpaired) electrons. The molecule has 2 aromatic rings. The molecule has 0 unspecified atom stereocenters. The Balaban J connectivity index is 2.01. The van der Waals surface area contributed by atoms with Gasteiger partial charge in [-0.1, -0.05) is 6.92 Å². The molecule has 0 aliphatic heterocycles. The number of hydrogen-bond donors (Lipinski definition) is 1. The van der Waals surface area contributed by atoms with E-state index >= 15 is 0 Å². The molecule has 0 bridgehead atoms. The Bertz CT molecular complexity index is 971. The number of nitrogens with one attached hydrogen (secondary N) is 1. The fourth-order valence-electron chi connectivity index (χ4n) is 2.22. The highest BCUT2D eigenvalue weighted by Gasteiger charge is 2.23. The van der Waals surface area contributed by atoms with Crippen LogP contribution in [0.5, 0.6) is 0 Å². The van der Waals surface area contributed by atoms with Crippen LogP contribution in [-0.2, 0) is 32.6 Å². The van der Waals surface area contributed by atoms with Crippen LogP contribution in [0.4, 0.5) is 11.4 Å². The van der Waals surface area contributed by atoms with Gasteiger partial charge in [0.25, 0.3) is 5.69 Å². The molecular weight excluding hydrogens is 408 g/mol. The summed E-state index contributed by atoms with van der Waals surface area (Å²) in [4.78, 5) is 27.8. The lowest BCUT2D eigenvalue weighted by Gasteiger charge is -2.13. The lowest BCUT2D eigenvalue weighted by atomic mass is 10.2. The van der Waals surface area contributed by atoms with Gasteiger partial charge in [-0.05, 0) is 18.6 Å². The number of ether oxygens (including phenoxy) is 1. The highest BCUT2D eigenvalue weighted by atomic mass is 32.2. The first-order chi connectivity index (χ1) is 13.1. The minimum Gasteiger partial charge on any atom is -0.458 e. The lowest BCUT2D eigenvalue weighted by Crippen LogP contribution is -2.30. The van der Waals surface area contributed by atoms with Crippen LogP contribution in [0, 0.1) is 10.1 Å². The van der Waals surface area contributed by atoms with Gasteiger partial charge in [0.05, 0.1) is 20.5 Å². The first kappa shape index (κ1) is 21.7. The van der Waals surface area contributed by atoms with Gasteiger partial charge in [-0.15, -0.1) is 11.3 Å². The number of thiazole rings is 1. The number of benzene rings is 1. The number of anilines is 1. The summed E-state index contributed by atoms with van der Waals surface area (Å²) in [5.74, 6) is -0.783. The summed E-state index contributed by atoms with van der Waals surface area (Å²) < 4.78 is 31.8. The fourth-order valence-corrected chi connectivity index (χ4v) is 3.93. The number of nitrogens with zero attached hydrogens (tertiary/aromatic N) is 3. The van der Waals surface area contributed by atoms with Gasteiger partial charge in [-0.25, -0.2) is 13.4 Å². The third kappa shape index (κ3) is 5.47. The zero-order chi connectivity index (χ0) is 20.9. The summed E-state index contributed by atoms with van der Waals surface area (Å²) in [6.45, 7) is 1.30. The summed E-state index contributed by atoms with van der Waals surface area (Å²) in [5, 5.41) is 13.9. The summed E-state index contributed by atoms with van der Waals surface area (Å²) >= 11 is 1.45. The number of nitro groups is 1. The molecule has 2 rings (SSSR count). The molecule has 0 aliphatic carbocycles. The number of esters is 1. The summed E-state index contributed by atoms with van der Waals surface area (Å²) in [7, 11) is -0.909. The van der Waals surface area contributed by atoms with Gasteiger partial charge in [-0.2, -0.15) is 4.72 Å². The van der Waals surface area contributed by atoms with E-state index in [4.69, 9.17) is 4.74 Å². The Morgan fingerprint density at radius 2 is 2.11 bits per heavy atom. The quantitative estimate of drug-likeness (QED) is 0.363. The molecule has 0 aliphatic rings. The van der Waals surface area contributed by atoms with E-state index in [1.54, 1.807) is 19.5 Å². The van der Waals surface area contributed by atoms with E-state index in [-0.39, 0.29) is 22.9 Å². The first-order valence-electron chi connectivity index (χ1n) is 8.18. The van der Waals surface area contributed by atoms with Crippen molar-refractivity contribution in [3.63, 3.8) is 0 Å². The normalized spacial score (nSPS) is 11.2. The van der Waals surface area contributed by atoms with Crippen LogP contribution >= 0.6 is 11.3 Å². The molecule has 1 N–H and O–H groups in total. The number of carbonyl (C=O) groups is 1. The Morgan fingerprint density at radius 3 is 2.68 bits per heavy atom. The summed E-state index contributed by atoms with van der Waals surface area (Å²) in [6, 6.07) is 3.51. The molecule has 0 fully saturated rings. The number of aromatic nitrogens is 1. The third-order valence-electron chi connectivity index (χ3n) is 3.63. The molecule has 1 aromatic heterocycles. The van der Waals surface area contributed by atoms with Gasteiger partial charge in [0, 0.05) is 25.5 Å². The van der Waals surface area contributed by atoms with Crippen LogP contribution in [-0.4, -0.2) is 44.9 Å². The number of hydrogen-bond acceptors (Lipinski definition) is 9. The predicted octanol–water partition coefficient (Wildman–Crippen LogP) is 1.70. The maximum absolute atomic E-state index is 12.3. The molecular formula is C16H20N4O6S2. The van der Waals surface area contributed by atoms with E-state index in [1.807, 2.05) is 6.92 Å².